The van der Waals surface area contributed by atoms with Gasteiger partial charge >= 0.3 is 0 Å². The molecule has 0 amide bonds. The highest BCUT2D eigenvalue weighted by atomic mass is 32.2. The van der Waals surface area contributed by atoms with E-state index in [9.17, 15) is 8.42 Å². The molecule has 3 aromatic rings. The summed E-state index contributed by atoms with van der Waals surface area (Å²) in [6.07, 6.45) is 0.501. The lowest BCUT2D eigenvalue weighted by atomic mass is 10.2. The number of furan rings is 1. The van der Waals surface area contributed by atoms with Crippen LogP contribution in [0.1, 0.15) is 12.7 Å². The fraction of sp³-hybridized carbons (Fsp3) is 0.176. The Morgan fingerprint density at radius 1 is 1.05 bits per heavy atom. The lowest BCUT2D eigenvalue weighted by Gasteiger charge is -2.12. The molecule has 1 aromatic heterocycles. The molecule has 0 radical (unpaired) electrons. The molecule has 0 spiro atoms. The predicted molar refractivity (Wildman–Crippen MR) is 86.1 cm³/mol. The van der Waals surface area contributed by atoms with Gasteiger partial charge in [0.05, 0.1) is 4.90 Å². The SMILES string of the molecule is CC(Cc1cc2ccccc2o1)NS(=O)(=O)c1ccccc1. The fourth-order valence-corrected chi connectivity index (χ4v) is 3.68. The smallest absolute Gasteiger partial charge is 0.240 e. The van der Waals surface area contributed by atoms with Gasteiger partial charge in [-0.1, -0.05) is 36.4 Å². The average molecular weight is 315 g/mol. The molecule has 5 heteroatoms. The molecule has 0 bridgehead atoms. The standard InChI is InChI=1S/C17H17NO3S/c1-13(18-22(19,20)16-8-3-2-4-9-16)11-15-12-14-7-5-6-10-17(14)21-15/h2-10,12-13,18H,11H2,1H3. The van der Waals surface area contributed by atoms with Crippen LogP contribution in [-0.2, 0) is 16.4 Å². The highest BCUT2D eigenvalue weighted by molar-refractivity contribution is 7.89. The zero-order valence-electron chi connectivity index (χ0n) is 12.2. The summed E-state index contributed by atoms with van der Waals surface area (Å²) in [6.45, 7) is 1.83. The fourth-order valence-electron chi connectivity index (χ4n) is 2.41. The van der Waals surface area contributed by atoms with Crippen LogP contribution in [0, 0.1) is 0 Å². The zero-order chi connectivity index (χ0) is 15.6. The summed E-state index contributed by atoms with van der Waals surface area (Å²) < 4.78 is 32.9. The summed E-state index contributed by atoms with van der Waals surface area (Å²) in [6, 6.07) is 17.8. The number of fused-ring (bicyclic) bond motifs is 1. The molecule has 0 saturated heterocycles. The zero-order valence-corrected chi connectivity index (χ0v) is 13.0. The van der Waals surface area contributed by atoms with Crippen molar-refractivity contribution < 1.29 is 12.8 Å². The Hall–Kier alpha value is -2.11. The molecule has 0 aliphatic rings. The Morgan fingerprint density at radius 3 is 2.45 bits per heavy atom. The van der Waals surface area contributed by atoms with Crippen molar-refractivity contribution in [3.8, 4) is 0 Å². The molecule has 4 nitrogen and oxygen atoms in total. The normalized spacial score (nSPS) is 13.3. The first kappa shape index (κ1) is 14.8. The van der Waals surface area contributed by atoms with E-state index in [4.69, 9.17) is 4.42 Å². The number of hydrogen-bond acceptors (Lipinski definition) is 3. The number of benzene rings is 2. The Bertz CT molecular complexity index is 836. The van der Waals surface area contributed by atoms with Gasteiger partial charge in [-0.05, 0) is 31.2 Å². The van der Waals surface area contributed by atoms with E-state index < -0.39 is 10.0 Å². The number of sulfonamides is 1. The maximum absolute atomic E-state index is 12.3. The summed E-state index contributed by atoms with van der Waals surface area (Å²) in [5, 5.41) is 1.02. The third-order valence-corrected chi connectivity index (χ3v) is 5.00. The summed E-state index contributed by atoms with van der Waals surface area (Å²) in [5.74, 6) is 0.768. The predicted octanol–water partition coefficient (Wildman–Crippen LogP) is 3.34. The summed E-state index contributed by atoms with van der Waals surface area (Å²) >= 11 is 0. The van der Waals surface area contributed by atoms with Crippen molar-refractivity contribution >= 4 is 21.0 Å². The first-order valence-electron chi connectivity index (χ1n) is 7.09. The van der Waals surface area contributed by atoms with Gasteiger partial charge < -0.3 is 4.42 Å². The van der Waals surface area contributed by atoms with Crippen molar-refractivity contribution in [2.75, 3.05) is 0 Å². The average Bonchev–Trinajstić information content (AvgIpc) is 2.89. The van der Waals surface area contributed by atoms with Crippen molar-refractivity contribution in [3.05, 3.63) is 66.4 Å². The van der Waals surface area contributed by atoms with Crippen LogP contribution in [0.25, 0.3) is 11.0 Å². The molecular formula is C17H17NO3S. The molecule has 1 atom stereocenters. The van der Waals surface area contributed by atoms with Gasteiger partial charge in [0, 0.05) is 17.8 Å². The Labute approximate surface area is 129 Å². The summed E-state index contributed by atoms with van der Waals surface area (Å²) in [4.78, 5) is 0.270. The summed E-state index contributed by atoms with van der Waals surface area (Å²) in [7, 11) is -3.50. The van der Waals surface area contributed by atoms with Crippen molar-refractivity contribution in [3.63, 3.8) is 0 Å². The van der Waals surface area contributed by atoms with E-state index in [0.717, 1.165) is 16.7 Å². The largest absolute Gasteiger partial charge is 0.461 e. The Kier molecular flexibility index (Phi) is 4.00. The number of rotatable bonds is 5. The van der Waals surface area contributed by atoms with Gasteiger partial charge in [0.1, 0.15) is 11.3 Å². The van der Waals surface area contributed by atoms with Crippen molar-refractivity contribution in [2.24, 2.45) is 0 Å². The van der Waals surface area contributed by atoms with Crippen molar-refractivity contribution in [2.45, 2.75) is 24.3 Å². The molecule has 22 heavy (non-hydrogen) atoms. The first-order chi connectivity index (χ1) is 10.5. The minimum Gasteiger partial charge on any atom is -0.461 e. The van der Waals surface area contributed by atoms with E-state index in [2.05, 4.69) is 4.72 Å². The molecule has 1 unspecified atom stereocenters. The van der Waals surface area contributed by atoms with Crippen LogP contribution in [0.2, 0.25) is 0 Å². The van der Waals surface area contributed by atoms with Crippen molar-refractivity contribution in [1.82, 2.24) is 4.72 Å². The molecule has 2 aromatic carbocycles. The minimum absolute atomic E-state index is 0.259. The molecule has 3 rings (SSSR count). The topological polar surface area (TPSA) is 59.3 Å². The quantitative estimate of drug-likeness (QED) is 0.785. The van der Waals surface area contributed by atoms with Crippen LogP contribution in [0.4, 0.5) is 0 Å². The molecule has 1 N–H and O–H groups in total. The van der Waals surface area contributed by atoms with E-state index in [1.807, 2.05) is 37.3 Å². The third kappa shape index (κ3) is 3.21. The van der Waals surface area contributed by atoms with Gasteiger partial charge in [-0.3, -0.25) is 0 Å². The lowest BCUT2D eigenvalue weighted by Crippen LogP contribution is -2.33. The van der Waals surface area contributed by atoms with Gasteiger partial charge in [-0.15, -0.1) is 0 Å². The van der Waals surface area contributed by atoms with Gasteiger partial charge in [-0.25, -0.2) is 13.1 Å². The Balaban J connectivity index is 1.73. The van der Waals surface area contributed by atoms with Gasteiger partial charge in [0.2, 0.25) is 10.0 Å². The van der Waals surface area contributed by atoms with Gasteiger partial charge in [-0.2, -0.15) is 0 Å². The molecule has 0 saturated carbocycles. The second-order valence-electron chi connectivity index (χ2n) is 5.29. The molecule has 1 heterocycles. The number of para-hydroxylation sites is 1. The minimum atomic E-state index is -3.50. The maximum Gasteiger partial charge on any atom is 0.240 e. The molecule has 0 fully saturated rings. The second kappa shape index (κ2) is 5.94. The number of hydrogen-bond donors (Lipinski definition) is 1. The van der Waals surface area contributed by atoms with E-state index in [0.29, 0.717) is 6.42 Å². The first-order valence-corrected chi connectivity index (χ1v) is 8.58. The van der Waals surface area contributed by atoms with Crippen LogP contribution < -0.4 is 4.72 Å². The highest BCUT2D eigenvalue weighted by Crippen LogP contribution is 2.20. The Morgan fingerprint density at radius 2 is 1.73 bits per heavy atom. The van der Waals surface area contributed by atoms with Crippen LogP contribution in [0.15, 0.2) is 70.0 Å². The van der Waals surface area contributed by atoms with Crippen LogP contribution in [0.3, 0.4) is 0 Å². The van der Waals surface area contributed by atoms with E-state index in [-0.39, 0.29) is 10.9 Å². The monoisotopic (exact) mass is 315 g/mol. The molecular weight excluding hydrogens is 298 g/mol. The van der Waals surface area contributed by atoms with E-state index in [1.165, 1.54) is 0 Å². The maximum atomic E-state index is 12.3. The van der Waals surface area contributed by atoms with Crippen molar-refractivity contribution in [1.29, 1.82) is 0 Å². The van der Waals surface area contributed by atoms with Crippen LogP contribution >= 0.6 is 0 Å². The van der Waals surface area contributed by atoms with E-state index in [1.54, 1.807) is 30.3 Å². The molecule has 114 valence electrons. The van der Waals surface area contributed by atoms with Gasteiger partial charge in [0.25, 0.3) is 0 Å². The van der Waals surface area contributed by atoms with E-state index >= 15 is 0 Å². The third-order valence-electron chi connectivity index (χ3n) is 3.39. The highest BCUT2D eigenvalue weighted by Gasteiger charge is 2.18. The van der Waals surface area contributed by atoms with Crippen LogP contribution in [-0.4, -0.2) is 14.5 Å². The number of nitrogens with one attached hydrogen (secondary N) is 1. The summed E-state index contributed by atoms with van der Waals surface area (Å²) in [5.41, 5.74) is 0.815. The van der Waals surface area contributed by atoms with Crippen LogP contribution in [0.5, 0.6) is 0 Å². The van der Waals surface area contributed by atoms with Gasteiger partial charge in [0.15, 0.2) is 0 Å². The molecule has 0 aliphatic carbocycles. The second-order valence-corrected chi connectivity index (χ2v) is 7.00. The molecule has 0 aliphatic heterocycles. The lowest BCUT2D eigenvalue weighted by molar-refractivity contribution is 0.504.